The second-order valence-corrected chi connectivity index (χ2v) is 10.9. The van der Waals surface area contributed by atoms with Gasteiger partial charge in [0.15, 0.2) is 0 Å². The van der Waals surface area contributed by atoms with Gasteiger partial charge in [-0.1, -0.05) is 29.3 Å². The first-order chi connectivity index (χ1) is 15.7. The summed E-state index contributed by atoms with van der Waals surface area (Å²) < 4.78 is 28.3. The normalized spacial score (nSPS) is 16.4. The summed E-state index contributed by atoms with van der Waals surface area (Å²) in [5.41, 5.74) is 0.632. The second kappa shape index (κ2) is 9.25. The van der Waals surface area contributed by atoms with Crippen LogP contribution in [-0.2, 0) is 26.2 Å². The van der Waals surface area contributed by atoms with Crippen LogP contribution in [0.5, 0.6) is 0 Å². The highest BCUT2D eigenvalue weighted by Crippen LogP contribution is 2.34. The van der Waals surface area contributed by atoms with E-state index in [1.165, 1.54) is 53.8 Å². The second-order valence-electron chi connectivity index (χ2n) is 7.15. The number of nitriles is 1. The smallest absolute Gasteiger partial charge is 0.252 e. The molecule has 0 N–H and O–H groups in total. The molecule has 4 rings (SSSR count). The Morgan fingerprint density at radius 3 is 2.48 bits per heavy atom. The van der Waals surface area contributed by atoms with Crippen LogP contribution in [0.25, 0.3) is 0 Å². The molecule has 0 saturated carbocycles. The number of hydrogen-bond donors (Lipinski definition) is 0. The number of nitrogens with zero attached hydrogens (tertiary/aromatic N) is 3. The average molecular weight is 520 g/mol. The number of halogens is 2. The fraction of sp³-hybridized carbons (Fsp3) is 0.136. The van der Waals surface area contributed by atoms with Crippen LogP contribution in [0.1, 0.15) is 16.9 Å². The third-order valence-corrected chi connectivity index (χ3v) is 8.53. The van der Waals surface area contributed by atoms with Crippen molar-refractivity contribution in [3.8, 4) is 6.07 Å². The van der Waals surface area contributed by atoms with Crippen LogP contribution in [0.3, 0.4) is 0 Å². The van der Waals surface area contributed by atoms with Crippen LogP contribution >= 0.6 is 34.5 Å². The molecule has 1 fully saturated rings. The Morgan fingerprint density at radius 1 is 1.12 bits per heavy atom. The topological polar surface area (TPSA) is 98.5 Å². The van der Waals surface area contributed by atoms with E-state index in [1.54, 1.807) is 17.5 Å². The van der Waals surface area contributed by atoms with Gasteiger partial charge in [0.05, 0.1) is 28.8 Å². The van der Waals surface area contributed by atoms with E-state index >= 15 is 0 Å². The summed E-state index contributed by atoms with van der Waals surface area (Å²) in [6.07, 6.45) is -0.332. The summed E-state index contributed by atoms with van der Waals surface area (Å²) in [7, 11) is -4.31. The minimum atomic E-state index is -4.31. The maximum Gasteiger partial charge on any atom is 0.252 e. The van der Waals surface area contributed by atoms with Gasteiger partial charge in [-0.25, -0.2) is 13.3 Å². The molecule has 1 saturated heterocycles. The third kappa shape index (κ3) is 4.53. The van der Waals surface area contributed by atoms with E-state index in [1.807, 2.05) is 6.07 Å². The molecule has 2 aromatic carbocycles. The summed E-state index contributed by atoms with van der Waals surface area (Å²) in [6, 6.07) is 14.2. The molecule has 11 heteroatoms. The first-order valence-corrected chi connectivity index (χ1v) is 12.7. The highest BCUT2D eigenvalue weighted by atomic mass is 35.5. The number of thiophene rings is 1. The molecule has 1 aliphatic heterocycles. The van der Waals surface area contributed by atoms with E-state index in [9.17, 15) is 18.0 Å². The van der Waals surface area contributed by atoms with Gasteiger partial charge in [0, 0.05) is 16.4 Å². The van der Waals surface area contributed by atoms with Crippen LogP contribution in [-0.4, -0.2) is 30.6 Å². The lowest BCUT2D eigenvalue weighted by atomic mass is 10.2. The van der Waals surface area contributed by atoms with Crippen LogP contribution in [0.15, 0.2) is 64.9 Å². The van der Waals surface area contributed by atoms with Gasteiger partial charge in [-0.2, -0.15) is 9.57 Å². The Balaban J connectivity index is 1.76. The molecule has 1 aromatic heterocycles. The van der Waals surface area contributed by atoms with Crippen molar-refractivity contribution in [2.75, 3.05) is 4.90 Å². The van der Waals surface area contributed by atoms with Crippen LogP contribution in [0.4, 0.5) is 5.69 Å². The number of sulfonamides is 1. The molecule has 3 aromatic rings. The molecule has 0 aliphatic carbocycles. The number of hydrogen-bond acceptors (Lipinski definition) is 6. The van der Waals surface area contributed by atoms with E-state index in [4.69, 9.17) is 28.5 Å². The predicted octanol–water partition coefficient (Wildman–Crippen LogP) is 4.45. The van der Waals surface area contributed by atoms with Gasteiger partial charge in [0.25, 0.3) is 5.91 Å². The molecule has 7 nitrogen and oxygen atoms in total. The van der Waals surface area contributed by atoms with Gasteiger partial charge < -0.3 is 0 Å². The molecule has 33 heavy (non-hydrogen) atoms. The molecule has 2 heterocycles. The molecular formula is C22H15Cl2N3O4S2. The van der Waals surface area contributed by atoms with Crippen molar-refractivity contribution in [1.82, 2.24) is 4.31 Å². The number of carbonyl (C=O) groups is 2. The number of carbonyl (C=O) groups excluding carboxylic acids is 2. The molecule has 168 valence electrons. The maximum atomic E-state index is 13.7. The molecule has 0 radical (unpaired) electrons. The van der Waals surface area contributed by atoms with Crippen molar-refractivity contribution in [2.24, 2.45) is 0 Å². The first-order valence-electron chi connectivity index (χ1n) is 9.58. The van der Waals surface area contributed by atoms with E-state index < -0.39 is 27.9 Å². The lowest BCUT2D eigenvalue weighted by Gasteiger charge is -2.27. The van der Waals surface area contributed by atoms with Gasteiger partial charge >= 0.3 is 0 Å². The highest BCUT2D eigenvalue weighted by Gasteiger charge is 2.47. The van der Waals surface area contributed by atoms with Gasteiger partial charge in [0.1, 0.15) is 10.9 Å². The van der Waals surface area contributed by atoms with Gasteiger partial charge in [-0.3, -0.25) is 9.59 Å². The monoisotopic (exact) mass is 519 g/mol. The quantitative estimate of drug-likeness (QED) is 0.448. The summed E-state index contributed by atoms with van der Waals surface area (Å²) in [5, 5.41) is 10.9. The zero-order chi connectivity index (χ0) is 23.8. The summed E-state index contributed by atoms with van der Waals surface area (Å²) in [4.78, 5) is 27.6. The standard InChI is InChI=1S/C22H15Cl2N3O4S2/c23-15-5-8-18(24)20(10-15)33(30,31)26(13-17-2-1-9-32-17)19-11-21(28)27(22(19)29)16-6-3-14(12-25)4-7-16/h1-10,19H,11,13H2. The molecule has 2 amide bonds. The summed E-state index contributed by atoms with van der Waals surface area (Å²) >= 11 is 13.5. The van der Waals surface area contributed by atoms with Crippen molar-refractivity contribution in [3.05, 3.63) is 80.5 Å². The fourth-order valence-electron chi connectivity index (χ4n) is 3.52. The van der Waals surface area contributed by atoms with Gasteiger partial charge in [0.2, 0.25) is 15.9 Å². The molecular weight excluding hydrogens is 505 g/mol. The SMILES string of the molecule is N#Cc1ccc(N2C(=O)CC(N(Cc3cccs3)S(=O)(=O)c3cc(Cl)ccc3Cl)C2=O)cc1. The minimum Gasteiger partial charge on any atom is -0.274 e. The van der Waals surface area contributed by atoms with Crippen molar-refractivity contribution in [2.45, 2.75) is 23.9 Å². The van der Waals surface area contributed by atoms with Crippen LogP contribution < -0.4 is 4.90 Å². The Labute approximate surface area is 204 Å². The number of amides is 2. The number of anilines is 1. The number of imide groups is 1. The Kier molecular flexibility index (Phi) is 6.56. The van der Waals surface area contributed by atoms with Gasteiger partial charge in [-0.15, -0.1) is 11.3 Å². The fourth-order valence-corrected chi connectivity index (χ4v) is 6.60. The lowest BCUT2D eigenvalue weighted by Crippen LogP contribution is -2.45. The van der Waals surface area contributed by atoms with E-state index in [-0.39, 0.29) is 33.6 Å². The van der Waals surface area contributed by atoms with Crippen molar-refractivity contribution in [1.29, 1.82) is 5.26 Å². The molecule has 1 unspecified atom stereocenters. The predicted molar refractivity (Wildman–Crippen MR) is 126 cm³/mol. The first kappa shape index (κ1) is 23.4. The molecule has 0 bridgehead atoms. The minimum absolute atomic E-state index is 0.0451. The summed E-state index contributed by atoms with van der Waals surface area (Å²) in [5.74, 6) is -1.22. The lowest BCUT2D eigenvalue weighted by molar-refractivity contribution is -0.122. The van der Waals surface area contributed by atoms with Gasteiger partial charge in [-0.05, 0) is 53.9 Å². The summed E-state index contributed by atoms with van der Waals surface area (Å²) in [6.45, 7) is -0.117. The Bertz CT molecular complexity index is 1370. The molecule has 0 spiro atoms. The highest BCUT2D eigenvalue weighted by molar-refractivity contribution is 7.89. The van der Waals surface area contributed by atoms with Crippen molar-refractivity contribution < 1.29 is 18.0 Å². The molecule has 1 atom stereocenters. The van der Waals surface area contributed by atoms with Crippen LogP contribution in [0.2, 0.25) is 10.0 Å². The number of rotatable bonds is 6. The maximum absolute atomic E-state index is 13.7. The third-order valence-electron chi connectivity index (χ3n) is 5.10. The number of benzene rings is 2. The zero-order valence-corrected chi connectivity index (χ0v) is 20.0. The Hall–Kier alpha value is -2.74. The van der Waals surface area contributed by atoms with Crippen LogP contribution in [0, 0.1) is 11.3 Å². The largest absolute Gasteiger partial charge is 0.274 e. The van der Waals surface area contributed by atoms with E-state index in [0.717, 1.165) is 9.21 Å². The zero-order valence-electron chi connectivity index (χ0n) is 16.8. The average Bonchev–Trinajstić information content (AvgIpc) is 3.41. The van der Waals surface area contributed by atoms with Crippen molar-refractivity contribution in [3.63, 3.8) is 0 Å². The Morgan fingerprint density at radius 2 is 1.85 bits per heavy atom. The van der Waals surface area contributed by atoms with Crippen molar-refractivity contribution >= 4 is 62.1 Å². The van der Waals surface area contributed by atoms with E-state index in [0.29, 0.717) is 10.4 Å². The molecule has 1 aliphatic rings. The van der Waals surface area contributed by atoms with E-state index in [2.05, 4.69) is 0 Å².